The lowest BCUT2D eigenvalue weighted by Crippen LogP contribution is -2.03. The van der Waals surface area contributed by atoms with E-state index in [0.717, 1.165) is 11.4 Å². The maximum Gasteiger partial charge on any atom is 0.129 e. The molecule has 1 aromatic carbocycles. The van der Waals surface area contributed by atoms with Gasteiger partial charge in [-0.15, -0.1) is 0 Å². The number of nitriles is 1. The van der Waals surface area contributed by atoms with Crippen molar-refractivity contribution >= 4 is 0 Å². The summed E-state index contributed by atoms with van der Waals surface area (Å²) < 4.78 is 15.6. The topological polar surface area (TPSA) is 41.6 Å². The molecule has 0 aliphatic carbocycles. The van der Waals surface area contributed by atoms with Crippen LogP contribution in [-0.4, -0.2) is 9.55 Å². The third-order valence-electron chi connectivity index (χ3n) is 2.87. The summed E-state index contributed by atoms with van der Waals surface area (Å²) in [4.78, 5) is 4.16. The Hall–Kier alpha value is -2.15. The molecular weight excluding hydrogens is 217 g/mol. The zero-order chi connectivity index (χ0) is 12.4. The maximum atomic E-state index is 13.7. The zero-order valence-electron chi connectivity index (χ0n) is 9.74. The van der Waals surface area contributed by atoms with E-state index in [2.05, 4.69) is 4.98 Å². The van der Waals surface area contributed by atoms with E-state index in [0.29, 0.717) is 17.7 Å². The Bertz CT molecular complexity index is 593. The number of benzene rings is 1. The van der Waals surface area contributed by atoms with Crippen molar-refractivity contribution in [2.45, 2.75) is 20.4 Å². The predicted octanol–water partition coefficient (Wildman–Crippen LogP) is 2.56. The summed E-state index contributed by atoms with van der Waals surface area (Å²) in [5, 5.41) is 8.66. The highest BCUT2D eigenvalue weighted by Crippen LogP contribution is 2.13. The Balaban J connectivity index is 2.31. The first-order valence-corrected chi connectivity index (χ1v) is 5.28. The van der Waals surface area contributed by atoms with Gasteiger partial charge < -0.3 is 4.57 Å². The van der Waals surface area contributed by atoms with E-state index >= 15 is 0 Å². The molecule has 1 aromatic heterocycles. The number of aryl methyl sites for hydroxylation is 1. The molecule has 3 nitrogen and oxygen atoms in total. The lowest BCUT2D eigenvalue weighted by Gasteiger charge is -2.07. The van der Waals surface area contributed by atoms with E-state index in [1.54, 1.807) is 18.5 Å². The van der Waals surface area contributed by atoms with E-state index in [-0.39, 0.29) is 5.82 Å². The minimum atomic E-state index is -0.352. The van der Waals surface area contributed by atoms with Gasteiger partial charge in [-0.2, -0.15) is 5.26 Å². The summed E-state index contributed by atoms with van der Waals surface area (Å²) in [7, 11) is 0. The van der Waals surface area contributed by atoms with Crippen LogP contribution in [0.4, 0.5) is 4.39 Å². The molecular formula is C13H12FN3. The molecule has 0 radical (unpaired) electrons. The summed E-state index contributed by atoms with van der Waals surface area (Å²) in [6.45, 7) is 4.30. The quantitative estimate of drug-likeness (QED) is 0.794. The molecule has 86 valence electrons. The summed E-state index contributed by atoms with van der Waals surface area (Å²) in [5.41, 5.74) is 2.86. The molecule has 2 aromatic rings. The molecule has 0 spiro atoms. The highest BCUT2D eigenvalue weighted by Gasteiger charge is 2.07. The van der Waals surface area contributed by atoms with Crippen LogP contribution in [-0.2, 0) is 6.54 Å². The smallest absolute Gasteiger partial charge is 0.129 e. The Morgan fingerprint density at radius 2 is 2.18 bits per heavy atom. The lowest BCUT2D eigenvalue weighted by atomic mass is 10.1. The Morgan fingerprint density at radius 3 is 2.71 bits per heavy atom. The third kappa shape index (κ3) is 2.18. The van der Waals surface area contributed by atoms with Gasteiger partial charge in [-0.25, -0.2) is 9.37 Å². The monoisotopic (exact) mass is 229 g/mol. The number of hydrogen-bond donors (Lipinski definition) is 0. The van der Waals surface area contributed by atoms with Crippen LogP contribution in [0.15, 0.2) is 24.5 Å². The lowest BCUT2D eigenvalue weighted by molar-refractivity contribution is 0.597. The van der Waals surface area contributed by atoms with Gasteiger partial charge in [0.2, 0.25) is 0 Å². The molecule has 1 heterocycles. The zero-order valence-corrected chi connectivity index (χ0v) is 9.74. The van der Waals surface area contributed by atoms with E-state index < -0.39 is 0 Å². The summed E-state index contributed by atoms with van der Waals surface area (Å²) in [5.74, 6) is -0.352. The van der Waals surface area contributed by atoms with E-state index in [1.807, 2.05) is 24.5 Å². The second kappa shape index (κ2) is 4.38. The van der Waals surface area contributed by atoms with E-state index in [4.69, 9.17) is 5.26 Å². The van der Waals surface area contributed by atoms with Crippen molar-refractivity contribution in [3.63, 3.8) is 0 Å². The average molecular weight is 229 g/mol. The van der Waals surface area contributed by atoms with Gasteiger partial charge in [0.25, 0.3) is 0 Å². The molecule has 0 aliphatic rings. The molecule has 0 N–H and O–H groups in total. The highest BCUT2D eigenvalue weighted by molar-refractivity contribution is 5.33. The number of imidazole rings is 1. The van der Waals surface area contributed by atoms with Crippen LogP contribution in [0.3, 0.4) is 0 Å². The van der Waals surface area contributed by atoms with Gasteiger partial charge in [0.15, 0.2) is 0 Å². The third-order valence-corrected chi connectivity index (χ3v) is 2.87. The van der Waals surface area contributed by atoms with Crippen LogP contribution in [0.1, 0.15) is 22.5 Å². The van der Waals surface area contributed by atoms with Crippen molar-refractivity contribution in [3.8, 4) is 6.07 Å². The van der Waals surface area contributed by atoms with E-state index in [1.165, 1.54) is 6.07 Å². The van der Waals surface area contributed by atoms with Crippen molar-refractivity contribution in [1.82, 2.24) is 9.55 Å². The average Bonchev–Trinajstić information content (AvgIpc) is 2.63. The standard InChI is InChI=1S/C13H12FN3/c1-9-10(2)17(8-16-9)7-12-4-3-11(6-15)5-13(12)14/h3-5,8H,7H2,1-2H3. The Kier molecular flexibility index (Phi) is 2.92. The van der Waals surface area contributed by atoms with Crippen LogP contribution in [0.25, 0.3) is 0 Å². The fraction of sp³-hybridized carbons (Fsp3) is 0.231. The Labute approximate surface area is 99.1 Å². The minimum Gasteiger partial charge on any atom is -0.330 e. The molecule has 0 aliphatic heterocycles. The van der Waals surface area contributed by atoms with Crippen molar-refractivity contribution in [1.29, 1.82) is 5.26 Å². The van der Waals surface area contributed by atoms with Crippen molar-refractivity contribution in [3.05, 3.63) is 52.9 Å². The van der Waals surface area contributed by atoms with Crippen molar-refractivity contribution in [2.75, 3.05) is 0 Å². The van der Waals surface area contributed by atoms with Crippen molar-refractivity contribution in [2.24, 2.45) is 0 Å². The van der Waals surface area contributed by atoms with Gasteiger partial charge in [-0.1, -0.05) is 6.07 Å². The number of hydrogen-bond acceptors (Lipinski definition) is 2. The van der Waals surface area contributed by atoms with Gasteiger partial charge in [0, 0.05) is 11.3 Å². The predicted molar refractivity (Wildman–Crippen MR) is 61.9 cm³/mol. The van der Waals surface area contributed by atoms with Crippen LogP contribution in [0.2, 0.25) is 0 Å². The number of halogens is 1. The first kappa shape index (κ1) is 11.3. The molecule has 4 heteroatoms. The molecule has 0 atom stereocenters. The summed E-state index contributed by atoms with van der Waals surface area (Å²) >= 11 is 0. The fourth-order valence-corrected chi connectivity index (χ4v) is 1.63. The largest absolute Gasteiger partial charge is 0.330 e. The number of aromatic nitrogens is 2. The van der Waals surface area contributed by atoms with Gasteiger partial charge in [0.05, 0.1) is 30.2 Å². The first-order valence-electron chi connectivity index (χ1n) is 5.28. The molecule has 0 saturated heterocycles. The van der Waals surface area contributed by atoms with Crippen molar-refractivity contribution < 1.29 is 4.39 Å². The number of rotatable bonds is 2. The molecule has 0 saturated carbocycles. The fourth-order valence-electron chi connectivity index (χ4n) is 1.63. The second-order valence-electron chi connectivity index (χ2n) is 3.96. The number of nitrogens with zero attached hydrogens (tertiary/aromatic N) is 3. The minimum absolute atomic E-state index is 0.338. The van der Waals surface area contributed by atoms with Gasteiger partial charge in [-0.3, -0.25) is 0 Å². The van der Waals surface area contributed by atoms with Crippen LogP contribution >= 0.6 is 0 Å². The van der Waals surface area contributed by atoms with Crippen LogP contribution < -0.4 is 0 Å². The molecule has 0 bridgehead atoms. The van der Waals surface area contributed by atoms with Crippen LogP contribution in [0.5, 0.6) is 0 Å². The van der Waals surface area contributed by atoms with Gasteiger partial charge in [-0.05, 0) is 26.0 Å². The molecule has 0 fully saturated rings. The second-order valence-corrected chi connectivity index (χ2v) is 3.96. The first-order chi connectivity index (χ1) is 8.11. The Morgan fingerprint density at radius 1 is 1.41 bits per heavy atom. The normalized spacial score (nSPS) is 10.2. The van der Waals surface area contributed by atoms with Gasteiger partial charge >= 0.3 is 0 Å². The summed E-state index contributed by atoms with van der Waals surface area (Å²) in [6, 6.07) is 6.44. The molecule has 0 unspecified atom stereocenters. The molecule has 2 rings (SSSR count). The van der Waals surface area contributed by atoms with E-state index in [9.17, 15) is 4.39 Å². The summed E-state index contributed by atoms with van der Waals surface area (Å²) in [6.07, 6.45) is 1.70. The maximum absolute atomic E-state index is 13.7. The highest BCUT2D eigenvalue weighted by atomic mass is 19.1. The van der Waals surface area contributed by atoms with Crippen LogP contribution in [0, 0.1) is 31.0 Å². The SMILES string of the molecule is Cc1ncn(Cc2ccc(C#N)cc2F)c1C. The molecule has 0 amide bonds. The van der Waals surface area contributed by atoms with Gasteiger partial charge in [0.1, 0.15) is 5.82 Å². The molecule has 17 heavy (non-hydrogen) atoms.